The monoisotopic (exact) mass is 261 g/mol. The predicted octanol–water partition coefficient (Wildman–Crippen LogP) is 3.19. The number of carbonyl (C=O) groups excluding carboxylic acids is 1. The van der Waals surface area contributed by atoms with Gasteiger partial charge in [0.15, 0.2) is 5.78 Å². The van der Waals surface area contributed by atoms with Gasteiger partial charge < -0.3 is 4.74 Å². The molecule has 0 amide bonds. The van der Waals surface area contributed by atoms with Crippen molar-refractivity contribution in [2.45, 2.75) is 20.3 Å². The second-order valence-electron chi connectivity index (χ2n) is 4.17. The molecular formula is C14H15NO2S. The molecule has 0 unspecified atom stereocenters. The molecule has 0 saturated heterocycles. The number of aromatic nitrogens is 1. The van der Waals surface area contributed by atoms with Gasteiger partial charge in [0.1, 0.15) is 10.8 Å². The van der Waals surface area contributed by atoms with Crippen LogP contribution >= 0.6 is 11.3 Å². The van der Waals surface area contributed by atoms with Crippen molar-refractivity contribution in [2.24, 2.45) is 0 Å². The Kier molecular flexibility index (Phi) is 3.77. The summed E-state index contributed by atoms with van der Waals surface area (Å²) < 4.78 is 5.18. The first-order valence-corrected chi connectivity index (χ1v) is 6.57. The number of thiazole rings is 1. The molecule has 0 spiro atoms. The second kappa shape index (κ2) is 5.31. The zero-order valence-corrected chi connectivity index (χ0v) is 11.5. The third-order valence-electron chi connectivity index (χ3n) is 2.70. The highest BCUT2D eigenvalue weighted by molar-refractivity contribution is 7.09. The van der Waals surface area contributed by atoms with Crippen LogP contribution in [0.25, 0.3) is 0 Å². The van der Waals surface area contributed by atoms with Crippen molar-refractivity contribution in [1.29, 1.82) is 0 Å². The van der Waals surface area contributed by atoms with Crippen molar-refractivity contribution in [3.8, 4) is 5.75 Å². The Hall–Kier alpha value is -1.68. The first kappa shape index (κ1) is 12.8. The van der Waals surface area contributed by atoms with E-state index in [4.69, 9.17) is 4.74 Å². The fourth-order valence-electron chi connectivity index (χ4n) is 1.78. The van der Waals surface area contributed by atoms with Crippen LogP contribution in [0.15, 0.2) is 23.6 Å². The van der Waals surface area contributed by atoms with E-state index in [0.717, 1.165) is 22.0 Å². The van der Waals surface area contributed by atoms with Crippen molar-refractivity contribution < 1.29 is 9.53 Å². The van der Waals surface area contributed by atoms with Gasteiger partial charge in [0.2, 0.25) is 0 Å². The molecule has 3 nitrogen and oxygen atoms in total. The van der Waals surface area contributed by atoms with Crippen molar-refractivity contribution in [2.75, 3.05) is 7.11 Å². The fourth-order valence-corrected chi connectivity index (χ4v) is 2.55. The maximum Gasteiger partial charge on any atom is 0.169 e. The number of methoxy groups -OCH3 is 1. The average molecular weight is 261 g/mol. The predicted molar refractivity (Wildman–Crippen MR) is 72.6 cm³/mol. The Morgan fingerprint density at radius 2 is 2.17 bits per heavy atom. The normalized spacial score (nSPS) is 10.4. The summed E-state index contributed by atoms with van der Waals surface area (Å²) in [5.41, 5.74) is 2.65. The minimum absolute atomic E-state index is 0.0927. The molecule has 94 valence electrons. The summed E-state index contributed by atoms with van der Waals surface area (Å²) in [7, 11) is 1.63. The largest absolute Gasteiger partial charge is 0.496 e. The Balaban J connectivity index is 2.16. The molecule has 0 bridgehead atoms. The molecule has 0 fully saturated rings. The number of aryl methyl sites for hydroxylation is 2. The molecule has 0 aliphatic carbocycles. The maximum absolute atomic E-state index is 12.1. The molecule has 0 aliphatic rings. The summed E-state index contributed by atoms with van der Waals surface area (Å²) in [6.07, 6.45) is 0.365. The number of carbonyl (C=O) groups is 1. The van der Waals surface area contributed by atoms with Gasteiger partial charge in [-0.3, -0.25) is 4.79 Å². The minimum atomic E-state index is 0.0927. The lowest BCUT2D eigenvalue weighted by Gasteiger charge is -2.06. The number of Topliss-reactive ketones (excluding diaryl/α,β-unsaturated/α-hetero) is 1. The van der Waals surface area contributed by atoms with Crippen LogP contribution in [-0.4, -0.2) is 17.9 Å². The molecule has 18 heavy (non-hydrogen) atoms. The lowest BCUT2D eigenvalue weighted by molar-refractivity contribution is 0.0993. The van der Waals surface area contributed by atoms with E-state index in [-0.39, 0.29) is 5.78 Å². The number of hydrogen-bond acceptors (Lipinski definition) is 4. The van der Waals surface area contributed by atoms with Gasteiger partial charge in [-0.15, -0.1) is 11.3 Å². The molecule has 2 rings (SSSR count). The topological polar surface area (TPSA) is 39.2 Å². The Labute approximate surface area is 110 Å². The number of rotatable bonds is 4. The van der Waals surface area contributed by atoms with Crippen molar-refractivity contribution in [3.05, 3.63) is 45.4 Å². The lowest BCUT2D eigenvalue weighted by atomic mass is 10.1. The van der Waals surface area contributed by atoms with Crippen LogP contribution in [0.2, 0.25) is 0 Å². The first-order valence-electron chi connectivity index (χ1n) is 5.69. The van der Waals surface area contributed by atoms with E-state index in [1.54, 1.807) is 13.2 Å². The number of benzene rings is 1. The van der Waals surface area contributed by atoms with Crippen LogP contribution in [0.1, 0.15) is 26.6 Å². The van der Waals surface area contributed by atoms with Gasteiger partial charge in [0.25, 0.3) is 0 Å². The summed E-state index contributed by atoms with van der Waals surface area (Å²) in [5, 5.41) is 2.83. The smallest absolute Gasteiger partial charge is 0.169 e. The first-order chi connectivity index (χ1) is 8.60. The van der Waals surface area contributed by atoms with Gasteiger partial charge in [-0.05, 0) is 37.6 Å². The standard InChI is InChI=1S/C14H15NO2S/c1-9-6-11(4-5-13(9)17-3)12(16)7-14-15-10(2)8-18-14/h4-6,8H,7H2,1-3H3. The molecule has 0 saturated carbocycles. The van der Waals surface area contributed by atoms with E-state index in [0.29, 0.717) is 12.0 Å². The van der Waals surface area contributed by atoms with E-state index in [1.807, 2.05) is 31.4 Å². The Morgan fingerprint density at radius 3 is 2.72 bits per heavy atom. The highest BCUT2D eigenvalue weighted by Gasteiger charge is 2.11. The molecular weight excluding hydrogens is 246 g/mol. The van der Waals surface area contributed by atoms with Gasteiger partial charge in [-0.25, -0.2) is 4.98 Å². The van der Waals surface area contributed by atoms with Gasteiger partial charge in [-0.1, -0.05) is 0 Å². The lowest BCUT2D eigenvalue weighted by Crippen LogP contribution is -2.04. The molecule has 1 aromatic heterocycles. The molecule has 4 heteroatoms. The zero-order chi connectivity index (χ0) is 13.1. The van der Waals surface area contributed by atoms with Gasteiger partial charge in [0.05, 0.1) is 13.5 Å². The molecule has 0 radical (unpaired) electrons. The van der Waals surface area contributed by atoms with E-state index in [9.17, 15) is 4.79 Å². The summed E-state index contributed by atoms with van der Waals surface area (Å²) in [5.74, 6) is 0.895. The van der Waals surface area contributed by atoms with Crippen LogP contribution in [0.4, 0.5) is 0 Å². The summed E-state index contributed by atoms with van der Waals surface area (Å²) in [6, 6.07) is 5.49. The van der Waals surface area contributed by atoms with E-state index >= 15 is 0 Å². The minimum Gasteiger partial charge on any atom is -0.496 e. The number of ether oxygens (including phenoxy) is 1. The summed E-state index contributed by atoms with van der Waals surface area (Å²) in [6.45, 7) is 3.87. The van der Waals surface area contributed by atoms with Crippen molar-refractivity contribution in [1.82, 2.24) is 4.98 Å². The fraction of sp³-hybridized carbons (Fsp3) is 0.286. The number of nitrogens with zero attached hydrogens (tertiary/aromatic N) is 1. The second-order valence-corrected chi connectivity index (χ2v) is 5.11. The highest BCUT2D eigenvalue weighted by atomic mass is 32.1. The molecule has 1 aromatic carbocycles. The number of ketones is 1. The van der Waals surface area contributed by atoms with E-state index < -0.39 is 0 Å². The van der Waals surface area contributed by atoms with E-state index in [1.165, 1.54) is 11.3 Å². The van der Waals surface area contributed by atoms with E-state index in [2.05, 4.69) is 4.98 Å². The molecule has 0 atom stereocenters. The van der Waals surface area contributed by atoms with Crippen LogP contribution in [0, 0.1) is 13.8 Å². The summed E-state index contributed by atoms with van der Waals surface area (Å²) >= 11 is 1.53. The Bertz CT molecular complexity index is 575. The van der Waals surface area contributed by atoms with Crippen LogP contribution in [-0.2, 0) is 6.42 Å². The molecule has 2 aromatic rings. The molecule has 0 aliphatic heterocycles. The third kappa shape index (κ3) is 2.76. The SMILES string of the molecule is COc1ccc(C(=O)Cc2nc(C)cs2)cc1C. The van der Waals surface area contributed by atoms with Crippen LogP contribution < -0.4 is 4.74 Å². The van der Waals surface area contributed by atoms with Gasteiger partial charge in [0, 0.05) is 16.6 Å². The molecule has 1 heterocycles. The highest BCUT2D eigenvalue weighted by Crippen LogP contribution is 2.20. The van der Waals surface area contributed by atoms with Gasteiger partial charge >= 0.3 is 0 Å². The van der Waals surface area contributed by atoms with Crippen molar-refractivity contribution in [3.63, 3.8) is 0 Å². The van der Waals surface area contributed by atoms with Crippen LogP contribution in [0.3, 0.4) is 0 Å². The van der Waals surface area contributed by atoms with Crippen LogP contribution in [0.5, 0.6) is 5.75 Å². The quantitative estimate of drug-likeness (QED) is 0.793. The molecule has 0 N–H and O–H groups in total. The summed E-state index contributed by atoms with van der Waals surface area (Å²) in [4.78, 5) is 16.4. The Morgan fingerprint density at radius 1 is 1.39 bits per heavy atom. The zero-order valence-electron chi connectivity index (χ0n) is 10.7. The van der Waals surface area contributed by atoms with Crippen molar-refractivity contribution >= 4 is 17.1 Å². The average Bonchev–Trinajstić information content (AvgIpc) is 2.74. The third-order valence-corrected chi connectivity index (χ3v) is 3.66. The maximum atomic E-state index is 12.1. The number of hydrogen-bond donors (Lipinski definition) is 0. The van der Waals surface area contributed by atoms with Gasteiger partial charge in [-0.2, -0.15) is 0 Å².